The molecule has 0 saturated heterocycles. The van der Waals surface area contributed by atoms with Gasteiger partial charge < -0.3 is 0 Å². The Hall–Kier alpha value is -1.71. The van der Waals surface area contributed by atoms with Crippen LogP contribution in [0.15, 0.2) is 29.1 Å². The molecule has 0 aliphatic heterocycles. The van der Waals surface area contributed by atoms with Crippen LogP contribution in [0.2, 0.25) is 0 Å². The first-order valence-corrected chi connectivity index (χ1v) is 4.72. The zero-order valence-electron chi connectivity index (χ0n) is 9.13. The summed E-state index contributed by atoms with van der Waals surface area (Å²) in [5, 5.41) is 0. The Morgan fingerprint density at radius 2 is 1.80 bits per heavy atom. The van der Waals surface area contributed by atoms with E-state index in [-0.39, 0.29) is 5.69 Å². The Balaban J connectivity index is 2.99. The second-order valence-corrected chi connectivity index (χ2v) is 3.78. The van der Waals surface area contributed by atoms with Crippen LogP contribution < -0.4 is 5.69 Å². The molecule has 0 unspecified atom stereocenters. The lowest BCUT2D eigenvalue weighted by atomic mass is 10.2. The quantitative estimate of drug-likeness (QED) is 0.756. The van der Waals surface area contributed by atoms with Crippen LogP contribution in [0, 0.1) is 0 Å². The average Bonchev–Trinajstić information content (AvgIpc) is 1.98. The number of nitrogens with zero attached hydrogens (tertiary/aromatic N) is 2. The lowest BCUT2D eigenvalue weighted by Gasteiger charge is -2.02. The van der Waals surface area contributed by atoms with Crippen LogP contribution in [-0.4, -0.2) is 15.0 Å². The Morgan fingerprint density at radius 1 is 1.20 bits per heavy atom. The van der Waals surface area contributed by atoms with Gasteiger partial charge in [-0.25, -0.2) is 9.78 Å². The number of aromatic nitrogens is 3. The lowest BCUT2D eigenvalue weighted by molar-refractivity contribution is 0.812. The van der Waals surface area contributed by atoms with Crippen LogP contribution in [0.25, 0.3) is 0 Å². The fourth-order valence-corrected chi connectivity index (χ4v) is 1.20. The molecule has 4 heteroatoms. The number of aromatic amines is 1. The van der Waals surface area contributed by atoms with Gasteiger partial charge in [0.25, 0.3) is 0 Å². The van der Waals surface area contributed by atoms with Crippen molar-refractivity contribution < 1.29 is 0 Å². The molecule has 0 aliphatic carbocycles. The van der Waals surface area contributed by atoms with Gasteiger partial charge in [0.2, 0.25) is 0 Å². The van der Waals surface area contributed by atoms with Crippen LogP contribution in [0.4, 0.5) is 0 Å². The van der Waals surface area contributed by atoms with Crippen molar-refractivity contribution >= 4 is 0 Å². The van der Waals surface area contributed by atoms with Crippen molar-refractivity contribution in [3.05, 3.63) is 46.4 Å². The molecular formula is C11H15N3O. The normalized spacial score (nSPS) is 10.0. The summed E-state index contributed by atoms with van der Waals surface area (Å²) < 4.78 is 0. The molecule has 1 heterocycles. The third kappa shape index (κ3) is 3.89. The fourth-order valence-electron chi connectivity index (χ4n) is 1.20. The molecule has 0 spiro atoms. The smallest absolute Gasteiger partial charge is 0.294 e. The van der Waals surface area contributed by atoms with E-state index in [1.807, 2.05) is 13.8 Å². The Labute approximate surface area is 88.8 Å². The van der Waals surface area contributed by atoms with Gasteiger partial charge in [0.15, 0.2) is 0 Å². The number of allylic oxidation sites excluding steroid dienone is 2. The zero-order valence-corrected chi connectivity index (χ0v) is 9.13. The number of hydrogen-bond donors (Lipinski definition) is 1. The summed E-state index contributed by atoms with van der Waals surface area (Å²) in [5.74, 6) is 1.13. The van der Waals surface area contributed by atoms with E-state index in [0.29, 0.717) is 24.5 Å². The van der Waals surface area contributed by atoms with Gasteiger partial charge in [-0.05, 0) is 13.8 Å². The van der Waals surface area contributed by atoms with Gasteiger partial charge in [-0.15, -0.1) is 0 Å². The van der Waals surface area contributed by atoms with E-state index < -0.39 is 0 Å². The van der Waals surface area contributed by atoms with Crippen molar-refractivity contribution in [2.45, 2.75) is 26.7 Å². The van der Waals surface area contributed by atoms with E-state index in [1.165, 1.54) is 0 Å². The molecule has 0 saturated carbocycles. The lowest BCUT2D eigenvalue weighted by Crippen LogP contribution is -2.18. The summed E-state index contributed by atoms with van der Waals surface area (Å²) in [6.07, 6.45) is 1.11. The van der Waals surface area contributed by atoms with Crippen LogP contribution in [0.3, 0.4) is 0 Å². The summed E-state index contributed by atoms with van der Waals surface area (Å²) >= 11 is 0. The molecule has 1 aromatic heterocycles. The van der Waals surface area contributed by atoms with Gasteiger partial charge in [-0.1, -0.05) is 24.3 Å². The maximum atomic E-state index is 11.2. The highest BCUT2D eigenvalue weighted by atomic mass is 16.1. The summed E-state index contributed by atoms with van der Waals surface area (Å²) in [5.41, 5.74) is 1.52. The van der Waals surface area contributed by atoms with Crippen LogP contribution in [0.5, 0.6) is 0 Å². The van der Waals surface area contributed by atoms with E-state index >= 15 is 0 Å². The Bertz CT molecular complexity index is 408. The molecule has 0 fully saturated rings. The minimum absolute atomic E-state index is 0.363. The predicted molar refractivity (Wildman–Crippen MR) is 59.7 cm³/mol. The van der Waals surface area contributed by atoms with Crippen molar-refractivity contribution in [1.29, 1.82) is 0 Å². The topological polar surface area (TPSA) is 58.6 Å². The highest BCUT2D eigenvalue weighted by Gasteiger charge is 2.03. The molecule has 0 bridgehead atoms. The molecule has 1 rings (SSSR count). The summed E-state index contributed by atoms with van der Waals surface area (Å²) in [7, 11) is 0. The molecular weight excluding hydrogens is 190 g/mol. The van der Waals surface area contributed by atoms with E-state index in [0.717, 1.165) is 11.1 Å². The Morgan fingerprint density at radius 3 is 2.33 bits per heavy atom. The first kappa shape index (κ1) is 11.4. The number of H-pyrrole nitrogens is 1. The van der Waals surface area contributed by atoms with Gasteiger partial charge in [0.05, 0.1) is 0 Å². The van der Waals surface area contributed by atoms with E-state index in [4.69, 9.17) is 0 Å². The van der Waals surface area contributed by atoms with Crippen LogP contribution in [0.1, 0.15) is 25.5 Å². The average molecular weight is 205 g/mol. The van der Waals surface area contributed by atoms with E-state index in [2.05, 4.69) is 28.1 Å². The maximum Gasteiger partial charge on any atom is 0.348 e. The minimum Gasteiger partial charge on any atom is -0.294 e. The minimum atomic E-state index is -0.363. The first-order chi connectivity index (χ1) is 6.97. The number of hydrogen-bond acceptors (Lipinski definition) is 3. The predicted octanol–water partition coefficient (Wildman–Crippen LogP) is 1.40. The second-order valence-electron chi connectivity index (χ2n) is 3.78. The molecule has 0 atom stereocenters. The number of rotatable bonds is 4. The molecule has 80 valence electrons. The van der Waals surface area contributed by atoms with Gasteiger partial charge in [0, 0.05) is 12.8 Å². The SMILES string of the molecule is C=C(C)Cc1nc(CC(=C)C)[nH]c(=O)n1. The highest BCUT2D eigenvalue weighted by molar-refractivity contribution is 5.06. The van der Waals surface area contributed by atoms with Crippen LogP contribution in [-0.2, 0) is 12.8 Å². The van der Waals surface area contributed by atoms with Gasteiger partial charge in [-0.2, -0.15) is 4.98 Å². The standard InChI is InChI=1S/C11H15N3O/c1-7(2)5-9-12-10(6-8(3)4)14-11(15)13-9/h1,3,5-6H2,2,4H3,(H,12,13,14,15). The third-order valence-corrected chi connectivity index (χ3v) is 1.67. The largest absolute Gasteiger partial charge is 0.348 e. The van der Waals surface area contributed by atoms with Crippen molar-refractivity contribution in [3.8, 4) is 0 Å². The van der Waals surface area contributed by atoms with Crippen molar-refractivity contribution in [2.75, 3.05) is 0 Å². The molecule has 0 aromatic carbocycles. The third-order valence-electron chi connectivity index (χ3n) is 1.67. The summed E-state index contributed by atoms with van der Waals surface area (Å²) in [6, 6.07) is 0. The summed E-state index contributed by atoms with van der Waals surface area (Å²) in [4.78, 5) is 21.8. The molecule has 1 N–H and O–H groups in total. The highest BCUT2D eigenvalue weighted by Crippen LogP contribution is 2.01. The fraction of sp³-hybridized carbons (Fsp3) is 0.364. The van der Waals surface area contributed by atoms with Crippen molar-refractivity contribution in [2.24, 2.45) is 0 Å². The maximum absolute atomic E-state index is 11.2. The number of nitrogens with one attached hydrogen (secondary N) is 1. The molecule has 4 nitrogen and oxygen atoms in total. The van der Waals surface area contributed by atoms with Gasteiger partial charge in [-0.3, -0.25) is 4.98 Å². The molecule has 1 aromatic rings. The summed E-state index contributed by atoms with van der Waals surface area (Å²) in [6.45, 7) is 11.3. The monoisotopic (exact) mass is 205 g/mol. The van der Waals surface area contributed by atoms with Crippen molar-refractivity contribution in [1.82, 2.24) is 15.0 Å². The van der Waals surface area contributed by atoms with Gasteiger partial charge >= 0.3 is 5.69 Å². The van der Waals surface area contributed by atoms with E-state index in [9.17, 15) is 4.79 Å². The molecule has 0 amide bonds. The molecule has 0 aliphatic rings. The second kappa shape index (κ2) is 4.68. The van der Waals surface area contributed by atoms with Crippen LogP contribution >= 0.6 is 0 Å². The molecule has 0 radical (unpaired) electrons. The Kier molecular flexibility index (Phi) is 3.55. The van der Waals surface area contributed by atoms with Gasteiger partial charge in [0.1, 0.15) is 11.6 Å². The molecule has 15 heavy (non-hydrogen) atoms. The van der Waals surface area contributed by atoms with E-state index in [1.54, 1.807) is 0 Å². The first-order valence-electron chi connectivity index (χ1n) is 4.72. The van der Waals surface area contributed by atoms with Crippen molar-refractivity contribution in [3.63, 3.8) is 0 Å². The zero-order chi connectivity index (χ0) is 11.4.